The second-order valence-corrected chi connectivity index (χ2v) is 26.8. The lowest BCUT2D eigenvalue weighted by Crippen LogP contribution is -2.30. The van der Waals surface area contributed by atoms with Crippen LogP contribution in [0.5, 0.6) is 0 Å². The van der Waals surface area contributed by atoms with Crippen molar-refractivity contribution in [2.24, 2.45) is 11.8 Å². The summed E-state index contributed by atoms with van der Waals surface area (Å²) in [4.78, 5) is 72.0. The Morgan fingerprint density at radius 3 is 0.916 bits per heavy atom. The lowest BCUT2D eigenvalue weighted by molar-refractivity contribution is -0.161. The highest BCUT2D eigenvalue weighted by molar-refractivity contribution is 7.47. The molecule has 0 bridgehead atoms. The van der Waals surface area contributed by atoms with Crippen LogP contribution in [0.1, 0.15) is 318 Å². The Kier molecular flexibility index (Phi) is 55.2. The van der Waals surface area contributed by atoms with Crippen molar-refractivity contribution in [3.8, 4) is 0 Å². The average Bonchev–Trinajstić information content (AvgIpc) is 3.46. The number of ether oxygens (including phenoxy) is 4. The molecule has 492 valence electrons. The number of esters is 4. The molecule has 6 atom stereocenters. The molecular formula is C64H124O17P2. The average molecular weight is 1230 g/mol. The maximum Gasteiger partial charge on any atom is 0.472 e. The second-order valence-electron chi connectivity index (χ2n) is 23.9. The Morgan fingerprint density at radius 1 is 0.349 bits per heavy atom. The van der Waals surface area contributed by atoms with Gasteiger partial charge in [0, 0.05) is 25.7 Å². The molecular weight excluding hydrogens is 1100 g/mol. The predicted molar refractivity (Wildman–Crippen MR) is 331 cm³/mol. The molecule has 0 aromatic carbocycles. The molecule has 17 nitrogen and oxygen atoms in total. The molecule has 0 rings (SSSR count). The molecule has 0 amide bonds. The van der Waals surface area contributed by atoms with Crippen LogP contribution in [0.25, 0.3) is 0 Å². The SMILES string of the molecule is CCCCCCCCCCC(=O)O[C@H](COC(=O)CCCCCCCCC)COP(=O)(O)OC[C@H](O)COP(=O)(O)OC[C@@H](COC(=O)CCCCCCCCCCCCC(C)CC)OC(=O)CCCCCCCCCCCCCC(C)C. The summed E-state index contributed by atoms with van der Waals surface area (Å²) in [5, 5.41) is 10.5. The third-order valence-corrected chi connectivity index (χ3v) is 17.0. The summed E-state index contributed by atoms with van der Waals surface area (Å²) in [6.07, 6.45) is 39.0. The maximum absolute atomic E-state index is 13.0. The number of hydrogen-bond acceptors (Lipinski definition) is 15. The van der Waals surface area contributed by atoms with Crippen LogP contribution < -0.4 is 0 Å². The van der Waals surface area contributed by atoms with E-state index in [0.717, 1.165) is 121 Å². The van der Waals surface area contributed by atoms with Crippen molar-refractivity contribution >= 4 is 39.5 Å². The number of phosphoric ester groups is 2. The highest BCUT2D eigenvalue weighted by Gasteiger charge is 2.30. The van der Waals surface area contributed by atoms with E-state index in [1.807, 2.05) is 0 Å². The van der Waals surface area contributed by atoms with Gasteiger partial charge < -0.3 is 33.8 Å². The van der Waals surface area contributed by atoms with Crippen LogP contribution in [-0.4, -0.2) is 96.7 Å². The van der Waals surface area contributed by atoms with Gasteiger partial charge in [-0.1, -0.05) is 266 Å². The van der Waals surface area contributed by atoms with Crippen molar-refractivity contribution < 1.29 is 80.2 Å². The molecule has 0 aliphatic carbocycles. The van der Waals surface area contributed by atoms with Gasteiger partial charge in [-0.15, -0.1) is 0 Å². The van der Waals surface area contributed by atoms with Crippen LogP contribution in [0.3, 0.4) is 0 Å². The summed E-state index contributed by atoms with van der Waals surface area (Å²) >= 11 is 0. The van der Waals surface area contributed by atoms with Gasteiger partial charge in [0.1, 0.15) is 19.3 Å². The zero-order valence-electron chi connectivity index (χ0n) is 53.5. The van der Waals surface area contributed by atoms with Crippen molar-refractivity contribution in [2.45, 2.75) is 336 Å². The van der Waals surface area contributed by atoms with Gasteiger partial charge in [-0.25, -0.2) is 9.13 Å². The third kappa shape index (κ3) is 57.6. The maximum atomic E-state index is 13.0. The summed E-state index contributed by atoms with van der Waals surface area (Å²) in [6, 6.07) is 0. The van der Waals surface area contributed by atoms with Crippen LogP contribution in [0.15, 0.2) is 0 Å². The van der Waals surface area contributed by atoms with Crippen molar-refractivity contribution in [2.75, 3.05) is 39.6 Å². The Balaban J connectivity index is 5.20. The minimum Gasteiger partial charge on any atom is -0.462 e. The first kappa shape index (κ1) is 81.1. The number of phosphoric acid groups is 2. The number of aliphatic hydroxyl groups excluding tert-OH is 1. The van der Waals surface area contributed by atoms with E-state index in [0.29, 0.717) is 25.7 Å². The minimum atomic E-state index is -4.94. The molecule has 0 saturated carbocycles. The topological polar surface area (TPSA) is 237 Å². The summed E-state index contributed by atoms with van der Waals surface area (Å²) in [7, 11) is -9.88. The fourth-order valence-electron chi connectivity index (χ4n) is 9.50. The first-order valence-corrected chi connectivity index (χ1v) is 36.5. The fraction of sp³-hybridized carbons (Fsp3) is 0.938. The first-order chi connectivity index (χ1) is 39.9. The number of carbonyl (C=O) groups excluding carboxylic acids is 4. The van der Waals surface area contributed by atoms with Gasteiger partial charge in [-0.3, -0.25) is 37.3 Å². The molecule has 3 unspecified atom stereocenters. The quantitative estimate of drug-likeness (QED) is 0.0222. The van der Waals surface area contributed by atoms with Gasteiger partial charge in [-0.05, 0) is 37.5 Å². The predicted octanol–water partition coefficient (Wildman–Crippen LogP) is 17.7. The number of aliphatic hydroxyl groups is 1. The number of hydrogen-bond donors (Lipinski definition) is 3. The zero-order valence-corrected chi connectivity index (χ0v) is 55.3. The van der Waals surface area contributed by atoms with Crippen LogP contribution >= 0.6 is 15.6 Å². The van der Waals surface area contributed by atoms with E-state index in [9.17, 15) is 43.2 Å². The standard InChI is InChI=1S/C64H124O17P2/c1-7-10-12-14-16-29-36-42-48-63(68)80-59(52-74-61(66)46-40-34-26-15-13-11-8-2)54-78-82(70,71)76-50-58(65)51-77-83(72,73)79-55-60(81-64(69)49-43-37-31-25-19-17-18-22-27-32-38-44-56(4)5)53-75-62(67)47-41-35-30-24-21-20-23-28-33-39-45-57(6)9-3/h56-60,65H,7-55H2,1-6H3,(H,70,71)(H,72,73)/t57?,58-,59+,60+/m0/s1. The van der Waals surface area contributed by atoms with E-state index >= 15 is 0 Å². The van der Waals surface area contributed by atoms with E-state index in [4.69, 9.17) is 37.0 Å². The molecule has 83 heavy (non-hydrogen) atoms. The third-order valence-electron chi connectivity index (χ3n) is 15.1. The summed E-state index contributed by atoms with van der Waals surface area (Å²) in [5.74, 6) is -0.565. The molecule has 0 radical (unpaired) electrons. The Morgan fingerprint density at radius 2 is 0.614 bits per heavy atom. The van der Waals surface area contributed by atoms with Gasteiger partial charge in [0.05, 0.1) is 26.4 Å². The Bertz CT molecular complexity index is 1630. The molecule has 0 fully saturated rings. The lowest BCUT2D eigenvalue weighted by Gasteiger charge is -2.21. The lowest BCUT2D eigenvalue weighted by atomic mass is 9.99. The molecule has 0 spiro atoms. The van der Waals surface area contributed by atoms with Crippen molar-refractivity contribution in [3.63, 3.8) is 0 Å². The zero-order chi connectivity index (χ0) is 61.5. The normalized spacial score (nSPS) is 14.6. The van der Waals surface area contributed by atoms with E-state index in [-0.39, 0.29) is 25.7 Å². The fourth-order valence-corrected chi connectivity index (χ4v) is 11.1. The molecule has 3 N–H and O–H groups in total. The smallest absolute Gasteiger partial charge is 0.462 e. The van der Waals surface area contributed by atoms with E-state index < -0.39 is 97.5 Å². The van der Waals surface area contributed by atoms with Crippen LogP contribution in [0.2, 0.25) is 0 Å². The monoisotopic (exact) mass is 1230 g/mol. The molecule has 0 heterocycles. The Hall–Kier alpha value is -1.94. The van der Waals surface area contributed by atoms with E-state index in [1.165, 1.54) is 116 Å². The molecule has 0 aromatic heterocycles. The molecule has 0 aromatic rings. The van der Waals surface area contributed by atoms with Gasteiger partial charge >= 0.3 is 39.5 Å². The number of unbranched alkanes of at least 4 members (excludes halogenated alkanes) is 32. The second kappa shape index (κ2) is 56.6. The van der Waals surface area contributed by atoms with E-state index in [2.05, 4.69) is 41.5 Å². The summed E-state index contributed by atoms with van der Waals surface area (Å²) < 4.78 is 67.9. The molecule has 19 heteroatoms. The van der Waals surface area contributed by atoms with Gasteiger partial charge in [0.25, 0.3) is 0 Å². The number of carbonyl (C=O) groups is 4. The number of rotatable bonds is 63. The van der Waals surface area contributed by atoms with Crippen LogP contribution in [0, 0.1) is 11.8 Å². The Labute approximate surface area is 505 Å². The van der Waals surface area contributed by atoms with Gasteiger partial charge in [0.15, 0.2) is 12.2 Å². The van der Waals surface area contributed by atoms with Crippen molar-refractivity contribution in [1.82, 2.24) is 0 Å². The van der Waals surface area contributed by atoms with E-state index in [1.54, 1.807) is 0 Å². The first-order valence-electron chi connectivity index (χ1n) is 33.5. The molecule has 0 aliphatic rings. The summed E-state index contributed by atoms with van der Waals surface area (Å²) in [6.45, 7) is 9.46. The largest absolute Gasteiger partial charge is 0.472 e. The van der Waals surface area contributed by atoms with Crippen molar-refractivity contribution in [1.29, 1.82) is 0 Å². The minimum absolute atomic E-state index is 0.104. The van der Waals surface area contributed by atoms with Gasteiger partial charge in [-0.2, -0.15) is 0 Å². The van der Waals surface area contributed by atoms with Crippen LogP contribution in [-0.2, 0) is 65.4 Å². The highest BCUT2D eigenvalue weighted by atomic mass is 31.2. The van der Waals surface area contributed by atoms with Crippen LogP contribution in [0.4, 0.5) is 0 Å². The molecule has 0 saturated heterocycles. The highest BCUT2D eigenvalue weighted by Crippen LogP contribution is 2.45. The molecule has 0 aliphatic heterocycles. The summed E-state index contributed by atoms with van der Waals surface area (Å²) in [5.41, 5.74) is 0. The van der Waals surface area contributed by atoms with Crippen molar-refractivity contribution in [3.05, 3.63) is 0 Å². The van der Waals surface area contributed by atoms with Gasteiger partial charge in [0.2, 0.25) is 0 Å².